The van der Waals surface area contributed by atoms with Crippen LogP contribution in [0, 0.1) is 6.92 Å². The highest BCUT2D eigenvalue weighted by Gasteiger charge is 2.28. The molecule has 0 saturated carbocycles. The fourth-order valence-corrected chi connectivity index (χ4v) is 2.10. The Morgan fingerprint density at radius 3 is 2.44 bits per heavy atom. The monoisotopic (exact) mass is 345 g/mol. The molecule has 8 heteroatoms. The minimum atomic E-state index is -1.19. The lowest BCUT2D eigenvalue weighted by Gasteiger charge is -2.20. The van der Waals surface area contributed by atoms with Crippen LogP contribution >= 0.6 is 0 Å². The van der Waals surface area contributed by atoms with E-state index in [1.54, 1.807) is 43.3 Å². The van der Waals surface area contributed by atoms with Crippen molar-refractivity contribution in [2.24, 2.45) is 0 Å². The minimum Gasteiger partial charge on any atom is -0.446 e. The summed E-state index contributed by atoms with van der Waals surface area (Å²) in [6.45, 7) is 4.45. The van der Waals surface area contributed by atoms with Gasteiger partial charge in [0.1, 0.15) is 11.8 Å². The van der Waals surface area contributed by atoms with E-state index in [0.717, 1.165) is 0 Å². The molecule has 2 amide bonds. The van der Waals surface area contributed by atoms with E-state index in [-0.39, 0.29) is 11.7 Å². The number of hydrogen-bond donors (Lipinski definition) is 2. The molecular weight excluding hydrogens is 326 g/mol. The highest BCUT2D eigenvalue weighted by Crippen LogP contribution is 2.20. The van der Waals surface area contributed by atoms with Crippen molar-refractivity contribution in [3.05, 3.63) is 47.7 Å². The summed E-state index contributed by atoms with van der Waals surface area (Å²) >= 11 is 0. The summed E-state index contributed by atoms with van der Waals surface area (Å²) in [6.07, 6.45) is -1.19. The van der Waals surface area contributed by atoms with E-state index in [9.17, 15) is 14.4 Å². The van der Waals surface area contributed by atoms with Gasteiger partial charge in [-0.05, 0) is 13.8 Å². The Labute approximate surface area is 144 Å². The zero-order valence-corrected chi connectivity index (χ0v) is 14.1. The van der Waals surface area contributed by atoms with Gasteiger partial charge in [0.2, 0.25) is 12.0 Å². The van der Waals surface area contributed by atoms with Crippen molar-refractivity contribution in [2.45, 2.75) is 32.9 Å². The zero-order valence-electron chi connectivity index (χ0n) is 14.1. The highest BCUT2D eigenvalue weighted by molar-refractivity contribution is 5.95. The van der Waals surface area contributed by atoms with Gasteiger partial charge in [-0.3, -0.25) is 9.59 Å². The topological polar surface area (TPSA) is 111 Å². The van der Waals surface area contributed by atoms with Crippen LogP contribution in [0.15, 0.2) is 40.9 Å². The van der Waals surface area contributed by atoms with Crippen molar-refractivity contribution in [1.82, 2.24) is 10.5 Å². The number of nitrogens with zero attached hydrogens (tertiary/aromatic N) is 1. The van der Waals surface area contributed by atoms with Crippen LogP contribution in [0.4, 0.5) is 5.82 Å². The molecule has 2 rings (SSSR count). The Kier molecular flexibility index (Phi) is 5.89. The molecule has 2 atom stereocenters. The largest absolute Gasteiger partial charge is 0.446 e. The molecule has 0 bridgehead atoms. The first-order valence-corrected chi connectivity index (χ1v) is 7.63. The molecule has 1 aromatic carbocycles. The average Bonchev–Trinajstić information content (AvgIpc) is 2.97. The second kappa shape index (κ2) is 8.09. The summed E-state index contributed by atoms with van der Waals surface area (Å²) in [6, 6.07) is 9.21. The van der Waals surface area contributed by atoms with Crippen LogP contribution < -0.4 is 10.6 Å². The maximum absolute atomic E-state index is 12.5. The van der Waals surface area contributed by atoms with Crippen LogP contribution in [0.5, 0.6) is 0 Å². The van der Waals surface area contributed by atoms with E-state index >= 15 is 0 Å². The van der Waals surface area contributed by atoms with Crippen LogP contribution in [-0.4, -0.2) is 29.0 Å². The molecule has 8 nitrogen and oxygen atoms in total. The number of aromatic nitrogens is 1. The molecule has 0 aliphatic heterocycles. The van der Waals surface area contributed by atoms with Gasteiger partial charge in [-0.1, -0.05) is 35.5 Å². The maximum atomic E-state index is 12.5. The van der Waals surface area contributed by atoms with Crippen molar-refractivity contribution < 1.29 is 23.6 Å². The van der Waals surface area contributed by atoms with Crippen molar-refractivity contribution in [2.75, 3.05) is 5.32 Å². The number of nitrogens with one attached hydrogen (secondary N) is 2. The van der Waals surface area contributed by atoms with Crippen molar-refractivity contribution in [1.29, 1.82) is 0 Å². The summed E-state index contributed by atoms with van der Waals surface area (Å²) in [4.78, 5) is 35.8. The number of carbonyl (C=O) groups excluding carboxylic acids is 3. The normalized spacial score (nSPS) is 12.8. The molecule has 0 aliphatic carbocycles. The molecule has 132 valence electrons. The van der Waals surface area contributed by atoms with Crippen LogP contribution in [0.3, 0.4) is 0 Å². The SMILES string of the molecule is CC(=O)N[C@@H](C)C(=O)O[C@@H](C(=O)Nc1cc(C)on1)c1ccccc1. The summed E-state index contributed by atoms with van der Waals surface area (Å²) < 4.78 is 10.2. The first-order chi connectivity index (χ1) is 11.9. The third-order valence-corrected chi connectivity index (χ3v) is 3.23. The number of benzene rings is 1. The Morgan fingerprint density at radius 1 is 1.20 bits per heavy atom. The number of ether oxygens (including phenoxy) is 1. The molecular formula is C17H19N3O5. The van der Waals surface area contributed by atoms with E-state index in [4.69, 9.17) is 9.26 Å². The lowest BCUT2D eigenvalue weighted by atomic mass is 10.1. The standard InChI is InChI=1S/C17H19N3O5/c1-10-9-14(20-25-10)19-16(22)15(13-7-5-4-6-8-13)24-17(23)11(2)18-12(3)21/h4-9,11,15H,1-3H3,(H,18,21)(H,19,20,22)/t11-,15+/m0/s1. The van der Waals surface area contributed by atoms with E-state index in [2.05, 4.69) is 15.8 Å². The third-order valence-electron chi connectivity index (χ3n) is 3.23. The molecule has 0 aliphatic rings. The number of aryl methyl sites for hydroxylation is 1. The molecule has 1 aromatic heterocycles. The summed E-state index contributed by atoms with van der Waals surface area (Å²) in [5.74, 6) is -0.932. The Balaban J connectivity index is 2.17. The highest BCUT2D eigenvalue weighted by atomic mass is 16.5. The Bertz CT molecular complexity index is 757. The van der Waals surface area contributed by atoms with Crippen LogP contribution in [0.1, 0.15) is 31.3 Å². The minimum absolute atomic E-state index is 0.217. The first kappa shape index (κ1) is 18.2. The summed E-state index contributed by atoms with van der Waals surface area (Å²) in [7, 11) is 0. The van der Waals surface area contributed by atoms with Crippen molar-refractivity contribution in [3.63, 3.8) is 0 Å². The van der Waals surface area contributed by atoms with Crippen LogP contribution in [-0.2, 0) is 19.1 Å². The van der Waals surface area contributed by atoms with Crippen molar-refractivity contribution in [3.8, 4) is 0 Å². The van der Waals surface area contributed by atoms with Gasteiger partial charge >= 0.3 is 5.97 Å². The van der Waals surface area contributed by atoms with Crippen molar-refractivity contribution >= 4 is 23.6 Å². The molecule has 0 spiro atoms. The Hall–Kier alpha value is -3.16. The zero-order chi connectivity index (χ0) is 18.4. The molecule has 0 unspecified atom stereocenters. The van der Waals surface area contributed by atoms with Gasteiger partial charge in [0.05, 0.1) is 0 Å². The third kappa shape index (κ3) is 5.17. The number of rotatable bonds is 6. The van der Waals surface area contributed by atoms with Crippen LogP contribution in [0.25, 0.3) is 0 Å². The number of anilines is 1. The molecule has 2 N–H and O–H groups in total. The second-order valence-corrected chi connectivity index (χ2v) is 5.46. The smallest absolute Gasteiger partial charge is 0.329 e. The molecule has 1 heterocycles. The molecule has 0 fully saturated rings. The molecule has 0 saturated heterocycles. The number of amides is 2. The lowest BCUT2D eigenvalue weighted by molar-refractivity contribution is -0.157. The maximum Gasteiger partial charge on any atom is 0.329 e. The fourth-order valence-electron chi connectivity index (χ4n) is 2.10. The van der Waals surface area contributed by atoms with Crippen LogP contribution in [0.2, 0.25) is 0 Å². The number of esters is 1. The predicted octanol–water partition coefficient (Wildman–Crippen LogP) is 1.73. The van der Waals surface area contributed by atoms with E-state index in [1.165, 1.54) is 13.8 Å². The van der Waals surface area contributed by atoms with Gasteiger partial charge in [0.15, 0.2) is 5.82 Å². The molecule has 25 heavy (non-hydrogen) atoms. The van der Waals surface area contributed by atoms with Gasteiger partial charge in [-0.25, -0.2) is 4.79 Å². The van der Waals surface area contributed by atoms with E-state index in [0.29, 0.717) is 11.3 Å². The van der Waals surface area contributed by atoms with Gasteiger partial charge < -0.3 is 19.9 Å². The summed E-state index contributed by atoms with van der Waals surface area (Å²) in [5.41, 5.74) is 0.489. The van der Waals surface area contributed by atoms with E-state index < -0.39 is 24.0 Å². The number of carbonyl (C=O) groups is 3. The van der Waals surface area contributed by atoms with Gasteiger partial charge in [-0.15, -0.1) is 0 Å². The van der Waals surface area contributed by atoms with Gasteiger partial charge in [0, 0.05) is 18.6 Å². The summed E-state index contributed by atoms with van der Waals surface area (Å²) in [5, 5.41) is 8.64. The van der Waals surface area contributed by atoms with Gasteiger partial charge in [-0.2, -0.15) is 0 Å². The quantitative estimate of drug-likeness (QED) is 0.772. The molecule has 2 aromatic rings. The first-order valence-electron chi connectivity index (χ1n) is 7.63. The Morgan fingerprint density at radius 2 is 1.88 bits per heavy atom. The fraction of sp³-hybridized carbons (Fsp3) is 0.294. The van der Waals surface area contributed by atoms with Gasteiger partial charge in [0.25, 0.3) is 5.91 Å². The predicted molar refractivity (Wildman–Crippen MR) is 88.4 cm³/mol. The van der Waals surface area contributed by atoms with E-state index in [1.807, 2.05) is 0 Å². The average molecular weight is 345 g/mol. The second-order valence-electron chi connectivity index (χ2n) is 5.46. The number of hydrogen-bond acceptors (Lipinski definition) is 6. The molecule has 0 radical (unpaired) electrons. The lowest BCUT2D eigenvalue weighted by Crippen LogP contribution is -2.40.